The van der Waals surface area contributed by atoms with E-state index < -0.39 is 7.12 Å². The molecular weight excluding hydrogens is 185 g/mol. The van der Waals surface area contributed by atoms with Crippen LogP contribution in [-0.4, -0.2) is 31.4 Å². The molecule has 0 aliphatic carbocycles. The Morgan fingerprint density at radius 1 is 1.21 bits per heavy atom. The minimum atomic E-state index is -1.57. The standard InChI is InChI=1S/C8H12BNO4/c1-13-7-4-5(9(11)12)3-6(10)8(7)14-2/h3-4,11-12H,10H2,1-2H3. The number of ether oxygens (including phenoxy) is 2. The SMILES string of the molecule is COc1cc(B(O)O)cc(N)c1OC. The summed E-state index contributed by atoms with van der Waals surface area (Å²) in [5, 5.41) is 17.9. The summed E-state index contributed by atoms with van der Waals surface area (Å²) in [6.45, 7) is 0. The largest absolute Gasteiger partial charge is 0.493 e. The molecule has 5 nitrogen and oxygen atoms in total. The average molecular weight is 197 g/mol. The Bertz CT molecular complexity index is 329. The van der Waals surface area contributed by atoms with Crippen LogP contribution in [0.15, 0.2) is 12.1 Å². The van der Waals surface area contributed by atoms with Gasteiger partial charge in [-0.3, -0.25) is 0 Å². The van der Waals surface area contributed by atoms with E-state index in [9.17, 15) is 0 Å². The normalized spacial score (nSPS) is 9.71. The molecule has 0 heterocycles. The highest BCUT2D eigenvalue weighted by Crippen LogP contribution is 2.31. The van der Waals surface area contributed by atoms with Gasteiger partial charge < -0.3 is 25.3 Å². The maximum absolute atomic E-state index is 8.94. The molecule has 4 N–H and O–H groups in total. The first-order chi connectivity index (χ1) is 6.60. The van der Waals surface area contributed by atoms with Crippen LogP contribution >= 0.6 is 0 Å². The minimum absolute atomic E-state index is 0.264. The molecular formula is C8H12BNO4. The van der Waals surface area contributed by atoms with Gasteiger partial charge in [0.05, 0.1) is 19.9 Å². The van der Waals surface area contributed by atoms with E-state index in [0.717, 1.165) is 0 Å². The molecule has 0 aliphatic heterocycles. The van der Waals surface area contributed by atoms with E-state index >= 15 is 0 Å². The lowest BCUT2D eigenvalue weighted by Gasteiger charge is -2.11. The molecule has 1 rings (SSSR count). The molecule has 1 aromatic carbocycles. The lowest BCUT2D eigenvalue weighted by atomic mass is 9.80. The summed E-state index contributed by atoms with van der Waals surface area (Å²) >= 11 is 0. The van der Waals surface area contributed by atoms with Gasteiger partial charge in [0, 0.05) is 0 Å². The highest BCUT2D eigenvalue weighted by atomic mass is 16.5. The van der Waals surface area contributed by atoms with Crippen molar-refractivity contribution in [1.29, 1.82) is 0 Å². The Morgan fingerprint density at radius 2 is 1.86 bits per heavy atom. The molecule has 0 spiro atoms. The van der Waals surface area contributed by atoms with Gasteiger partial charge in [0.25, 0.3) is 0 Å². The maximum Gasteiger partial charge on any atom is 0.488 e. The van der Waals surface area contributed by atoms with Gasteiger partial charge in [-0.15, -0.1) is 0 Å². The Morgan fingerprint density at radius 3 is 2.29 bits per heavy atom. The summed E-state index contributed by atoms with van der Waals surface area (Å²) in [6.07, 6.45) is 0. The van der Waals surface area contributed by atoms with Crippen LogP contribution in [0.1, 0.15) is 0 Å². The second-order valence-electron chi connectivity index (χ2n) is 2.72. The monoisotopic (exact) mass is 197 g/mol. The van der Waals surface area contributed by atoms with E-state index in [1.165, 1.54) is 26.4 Å². The predicted octanol–water partition coefficient (Wildman–Crippen LogP) is -1.03. The summed E-state index contributed by atoms with van der Waals surface area (Å²) in [6, 6.07) is 2.88. The molecule has 0 aliphatic rings. The fraction of sp³-hybridized carbons (Fsp3) is 0.250. The number of rotatable bonds is 3. The summed E-state index contributed by atoms with van der Waals surface area (Å²) < 4.78 is 9.97. The van der Waals surface area contributed by atoms with Gasteiger partial charge in [0.1, 0.15) is 0 Å². The number of benzene rings is 1. The minimum Gasteiger partial charge on any atom is -0.493 e. The van der Waals surface area contributed by atoms with Crippen molar-refractivity contribution in [2.75, 3.05) is 20.0 Å². The van der Waals surface area contributed by atoms with Crippen molar-refractivity contribution in [3.05, 3.63) is 12.1 Å². The molecule has 0 saturated heterocycles. The van der Waals surface area contributed by atoms with E-state index in [1.54, 1.807) is 0 Å². The lowest BCUT2D eigenvalue weighted by Crippen LogP contribution is -2.30. The van der Waals surface area contributed by atoms with Crippen molar-refractivity contribution in [2.24, 2.45) is 0 Å². The van der Waals surface area contributed by atoms with Crippen LogP contribution < -0.4 is 20.7 Å². The van der Waals surface area contributed by atoms with E-state index in [1.807, 2.05) is 0 Å². The zero-order chi connectivity index (χ0) is 10.7. The molecule has 76 valence electrons. The van der Waals surface area contributed by atoms with Crippen LogP contribution in [0.4, 0.5) is 5.69 Å². The molecule has 0 saturated carbocycles. The van der Waals surface area contributed by atoms with Crippen molar-refractivity contribution in [2.45, 2.75) is 0 Å². The summed E-state index contributed by atoms with van der Waals surface area (Å²) in [5.74, 6) is 0.757. The molecule has 14 heavy (non-hydrogen) atoms. The maximum atomic E-state index is 8.94. The third-order valence-electron chi connectivity index (χ3n) is 1.83. The third-order valence-corrected chi connectivity index (χ3v) is 1.83. The quantitative estimate of drug-likeness (QED) is 0.426. The van der Waals surface area contributed by atoms with Crippen molar-refractivity contribution < 1.29 is 19.5 Å². The van der Waals surface area contributed by atoms with Crippen molar-refractivity contribution in [3.8, 4) is 11.5 Å². The number of methoxy groups -OCH3 is 2. The molecule has 0 unspecified atom stereocenters. The van der Waals surface area contributed by atoms with Crippen molar-refractivity contribution in [1.82, 2.24) is 0 Å². The van der Waals surface area contributed by atoms with Gasteiger partial charge in [-0.05, 0) is 17.6 Å². The number of nitrogens with two attached hydrogens (primary N) is 1. The molecule has 1 aromatic rings. The van der Waals surface area contributed by atoms with E-state index in [2.05, 4.69) is 0 Å². The van der Waals surface area contributed by atoms with Gasteiger partial charge in [-0.2, -0.15) is 0 Å². The first kappa shape index (κ1) is 10.7. The van der Waals surface area contributed by atoms with Crippen LogP contribution in [0.3, 0.4) is 0 Å². The zero-order valence-electron chi connectivity index (χ0n) is 8.02. The van der Waals surface area contributed by atoms with Crippen LogP contribution in [0.5, 0.6) is 11.5 Å². The molecule has 0 radical (unpaired) electrons. The predicted molar refractivity (Wildman–Crippen MR) is 53.8 cm³/mol. The lowest BCUT2D eigenvalue weighted by molar-refractivity contribution is 0.356. The second kappa shape index (κ2) is 4.21. The molecule has 0 bridgehead atoms. The van der Waals surface area contributed by atoms with Gasteiger partial charge in [0.15, 0.2) is 11.5 Å². The summed E-state index contributed by atoms with van der Waals surface area (Å²) in [4.78, 5) is 0. The molecule has 0 amide bonds. The Balaban J connectivity index is 3.24. The first-order valence-electron chi connectivity index (χ1n) is 3.97. The topological polar surface area (TPSA) is 84.9 Å². The molecule has 6 heteroatoms. The Labute approximate surface area is 82.2 Å². The first-order valence-corrected chi connectivity index (χ1v) is 3.97. The molecule has 0 fully saturated rings. The molecule has 0 atom stereocenters. The summed E-state index contributed by atoms with van der Waals surface area (Å²) in [7, 11) is 1.34. The molecule has 0 aromatic heterocycles. The average Bonchev–Trinajstić information content (AvgIpc) is 2.16. The Kier molecular flexibility index (Phi) is 3.21. The zero-order valence-corrected chi connectivity index (χ0v) is 8.02. The van der Waals surface area contributed by atoms with Crippen LogP contribution in [0, 0.1) is 0 Å². The van der Waals surface area contributed by atoms with E-state index in [4.69, 9.17) is 25.3 Å². The van der Waals surface area contributed by atoms with Crippen molar-refractivity contribution >= 4 is 18.3 Å². The number of hydrogen-bond acceptors (Lipinski definition) is 5. The number of nitrogen functional groups attached to an aromatic ring is 1. The highest BCUT2D eigenvalue weighted by Gasteiger charge is 2.17. The Hall–Kier alpha value is -1.40. The van der Waals surface area contributed by atoms with Crippen molar-refractivity contribution in [3.63, 3.8) is 0 Å². The van der Waals surface area contributed by atoms with Crippen LogP contribution in [0.2, 0.25) is 0 Å². The van der Waals surface area contributed by atoms with Gasteiger partial charge in [-0.25, -0.2) is 0 Å². The van der Waals surface area contributed by atoms with Crippen LogP contribution in [0.25, 0.3) is 0 Å². The van der Waals surface area contributed by atoms with E-state index in [0.29, 0.717) is 17.2 Å². The van der Waals surface area contributed by atoms with Gasteiger partial charge >= 0.3 is 7.12 Å². The highest BCUT2D eigenvalue weighted by molar-refractivity contribution is 6.58. The van der Waals surface area contributed by atoms with Crippen LogP contribution in [-0.2, 0) is 0 Å². The third kappa shape index (κ3) is 1.91. The summed E-state index contributed by atoms with van der Waals surface area (Å²) in [5.41, 5.74) is 6.18. The number of hydrogen-bond donors (Lipinski definition) is 3. The smallest absolute Gasteiger partial charge is 0.488 e. The van der Waals surface area contributed by atoms with Gasteiger partial charge in [-0.1, -0.05) is 0 Å². The fourth-order valence-corrected chi connectivity index (χ4v) is 1.17. The van der Waals surface area contributed by atoms with E-state index in [-0.39, 0.29) is 5.46 Å². The number of anilines is 1. The second-order valence-corrected chi connectivity index (χ2v) is 2.72. The fourth-order valence-electron chi connectivity index (χ4n) is 1.17. The van der Waals surface area contributed by atoms with Gasteiger partial charge in [0.2, 0.25) is 0 Å².